The number of fused-ring (bicyclic) bond motifs is 3. The average molecular weight is 234 g/mol. The molecule has 2 aliphatic heterocycles. The summed E-state index contributed by atoms with van der Waals surface area (Å²) in [7, 11) is 0. The van der Waals surface area contributed by atoms with E-state index in [1.165, 1.54) is 0 Å². The lowest BCUT2D eigenvalue weighted by atomic mass is 9.91. The molecule has 1 aromatic rings. The molecule has 3 rings (SSSR count). The van der Waals surface area contributed by atoms with E-state index >= 15 is 0 Å². The van der Waals surface area contributed by atoms with E-state index in [0.717, 1.165) is 54.7 Å². The average Bonchev–Trinajstić information content (AvgIpc) is 2.78. The maximum Gasteiger partial charge on any atom is 0.128 e. The highest BCUT2D eigenvalue weighted by molar-refractivity contribution is 5.56. The Labute approximate surface area is 101 Å². The van der Waals surface area contributed by atoms with Crippen LogP contribution in [0.1, 0.15) is 42.6 Å². The molecule has 2 heterocycles. The Hall–Kier alpha value is -1.22. The first kappa shape index (κ1) is 10.9. The summed E-state index contributed by atoms with van der Waals surface area (Å²) in [5.41, 5.74) is 3.29. The molecule has 0 amide bonds. The zero-order valence-electron chi connectivity index (χ0n) is 10.2. The van der Waals surface area contributed by atoms with Gasteiger partial charge < -0.3 is 14.6 Å². The van der Waals surface area contributed by atoms with Crippen LogP contribution in [-0.2, 0) is 17.6 Å². The molecule has 0 aromatic heterocycles. The number of hydrogen-bond donors (Lipinski definition) is 1. The van der Waals surface area contributed by atoms with Gasteiger partial charge in [0, 0.05) is 23.1 Å². The molecule has 3 heteroatoms. The summed E-state index contributed by atoms with van der Waals surface area (Å²) in [5.74, 6) is 1.41. The summed E-state index contributed by atoms with van der Waals surface area (Å²) in [6.07, 6.45) is 3.86. The van der Waals surface area contributed by atoms with Crippen molar-refractivity contribution in [1.29, 1.82) is 0 Å². The molecule has 1 aromatic carbocycles. The molecule has 0 unspecified atom stereocenters. The van der Waals surface area contributed by atoms with Gasteiger partial charge in [0.25, 0.3) is 0 Å². The van der Waals surface area contributed by atoms with Gasteiger partial charge in [-0.3, -0.25) is 0 Å². The molecule has 17 heavy (non-hydrogen) atoms. The lowest BCUT2D eigenvalue weighted by Crippen LogP contribution is -2.17. The standard InChI is InChI=1S/C14H18O3/c1-2-3-12-13-10(5-7-16-12)11(15)8-9-4-6-17-14(9)13/h8,12,15H,2-7H2,1H3/t12-/m1/s1. The summed E-state index contributed by atoms with van der Waals surface area (Å²) in [5, 5.41) is 10.1. The highest BCUT2D eigenvalue weighted by atomic mass is 16.5. The van der Waals surface area contributed by atoms with Crippen LogP contribution in [0.3, 0.4) is 0 Å². The fraction of sp³-hybridized carbons (Fsp3) is 0.571. The van der Waals surface area contributed by atoms with E-state index in [1.54, 1.807) is 0 Å². The highest BCUT2D eigenvalue weighted by Gasteiger charge is 2.30. The maximum absolute atomic E-state index is 10.1. The quantitative estimate of drug-likeness (QED) is 0.855. The molecular weight excluding hydrogens is 216 g/mol. The third-order valence-corrected chi connectivity index (χ3v) is 3.64. The molecule has 92 valence electrons. The van der Waals surface area contributed by atoms with Gasteiger partial charge in [-0.15, -0.1) is 0 Å². The highest BCUT2D eigenvalue weighted by Crippen LogP contribution is 2.45. The van der Waals surface area contributed by atoms with Crippen LogP contribution in [0.4, 0.5) is 0 Å². The normalized spacial score (nSPS) is 21.8. The van der Waals surface area contributed by atoms with E-state index < -0.39 is 0 Å². The van der Waals surface area contributed by atoms with Crippen molar-refractivity contribution in [2.75, 3.05) is 13.2 Å². The van der Waals surface area contributed by atoms with Gasteiger partial charge in [-0.1, -0.05) is 13.3 Å². The summed E-state index contributed by atoms with van der Waals surface area (Å²) in [6, 6.07) is 1.87. The van der Waals surface area contributed by atoms with E-state index in [2.05, 4.69) is 6.92 Å². The van der Waals surface area contributed by atoms with Crippen LogP contribution in [0.2, 0.25) is 0 Å². The first-order valence-corrected chi connectivity index (χ1v) is 6.43. The Kier molecular flexibility index (Phi) is 2.71. The molecule has 0 bridgehead atoms. The molecule has 0 radical (unpaired) electrons. The lowest BCUT2D eigenvalue weighted by Gasteiger charge is -2.28. The molecule has 0 saturated carbocycles. The fourth-order valence-corrected chi connectivity index (χ4v) is 2.86. The third kappa shape index (κ3) is 1.69. The minimum Gasteiger partial charge on any atom is -0.508 e. The van der Waals surface area contributed by atoms with Gasteiger partial charge in [0.1, 0.15) is 11.5 Å². The second-order valence-electron chi connectivity index (χ2n) is 4.77. The minimum atomic E-state index is 0.0997. The summed E-state index contributed by atoms with van der Waals surface area (Å²) in [4.78, 5) is 0. The largest absolute Gasteiger partial charge is 0.508 e. The van der Waals surface area contributed by atoms with Crippen LogP contribution in [0.15, 0.2) is 6.07 Å². The molecule has 0 fully saturated rings. The number of phenolic OH excluding ortho intramolecular Hbond substituents is 1. The number of rotatable bonds is 2. The first-order valence-electron chi connectivity index (χ1n) is 6.43. The van der Waals surface area contributed by atoms with Gasteiger partial charge in [0.05, 0.1) is 19.3 Å². The molecule has 1 atom stereocenters. The second kappa shape index (κ2) is 4.22. The summed E-state index contributed by atoms with van der Waals surface area (Å²) in [6.45, 7) is 3.58. The molecular formula is C14H18O3. The van der Waals surface area contributed by atoms with Crippen molar-refractivity contribution in [3.05, 3.63) is 22.8 Å². The van der Waals surface area contributed by atoms with Crippen LogP contribution in [0.5, 0.6) is 11.5 Å². The van der Waals surface area contributed by atoms with Crippen molar-refractivity contribution in [2.24, 2.45) is 0 Å². The van der Waals surface area contributed by atoms with Gasteiger partial charge in [0.15, 0.2) is 0 Å². The zero-order chi connectivity index (χ0) is 11.8. The van der Waals surface area contributed by atoms with Crippen LogP contribution in [0.25, 0.3) is 0 Å². The summed E-state index contributed by atoms with van der Waals surface area (Å²) >= 11 is 0. The predicted octanol–water partition coefficient (Wildman–Crippen LogP) is 2.74. The molecule has 0 aliphatic carbocycles. The third-order valence-electron chi connectivity index (χ3n) is 3.64. The molecule has 1 N–H and O–H groups in total. The SMILES string of the molecule is CCC[C@H]1OCCc2c(O)cc3c(c21)OCC3. The molecule has 2 aliphatic rings. The lowest BCUT2D eigenvalue weighted by molar-refractivity contribution is 0.0335. The van der Waals surface area contributed by atoms with Gasteiger partial charge in [0.2, 0.25) is 0 Å². The van der Waals surface area contributed by atoms with Crippen molar-refractivity contribution in [3.63, 3.8) is 0 Å². The topological polar surface area (TPSA) is 38.7 Å². The second-order valence-corrected chi connectivity index (χ2v) is 4.77. The number of benzene rings is 1. The van der Waals surface area contributed by atoms with Gasteiger partial charge in [-0.05, 0) is 18.9 Å². The maximum atomic E-state index is 10.1. The molecule has 0 saturated heterocycles. The van der Waals surface area contributed by atoms with Crippen molar-refractivity contribution in [2.45, 2.75) is 38.7 Å². The van der Waals surface area contributed by atoms with Crippen molar-refractivity contribution < 1.29 is 14.6 Å². The van der Waals surface area contributed by atoms with Crippen molar-refractivity contribution >= 4 is 0 Å². The Morgan fingerprint density at radius 1 is 1.35 bits per heavy atom. The number of hydrogen-bond acceptors (Lipinski definition) is 3. The van der Waals surface area contributed by atoms with Crippen molar-refractivity contribution in [3.8, 4) is 11.5 Å². The Morgan fingerprint density at radius 2 is 2.24 bits per heavy atom. The monoisotopic (exact) mass is 234 g/mol. The van der Waals surface area contributed by atoms with E-state index in [4.69, 9.17) is 9.47 Å². The van der Waals surface area contributed by atoms with Crippen LogP contribution < -0.4 is 4.74 Å². The number of phenols is 1. The van der Waals surface area contributed by atoms with Crippen LogP contribution in [0, 0.1) is 0 Å². The van der Waals surface area contributed by atoms with Crippen LogP contribution in [-0.4, -0.2) is 18.3 Å². The van der Waals surface area contributed by atoms with Crippen LogP contribution >= 0.6 is 0 Å². The van der Waals surface area contributed by atoms with E-state index in [9.17, 15) is 5.11 Å². The van der Waals surface area contributed by atoms with E-state index in [0.29, 0.717) is 12.4 Å². The predicted molar refractivity (Wildman–Crippen MR) is 64.6 cm³/mol. The number of ether oxygens (including phenoxy) is 2. The Bertz CT molecular complexity index is 436. The Morgan fingerprint density at radius 3 is 3.06 bits per heavy atom. The molecule has 3 nitrogen and oxygen atoms in total. The fourth-order valence-electron chi connectivity index (χ4n) is 2.86. The Balaban J connectivity index is 2.13. The zero-order valence-corrected chi connectivity index (χ0v) is 10.2. The van der Waals surface area contributed by atoms with Crippen molar-refractivity contribution in [1.82, 2.24) is 0 Å². The van der Waals surface area contributed by atoms with E-state index in [1.807, 2.05) is 6.07 Å². The summed E-state index contributed by atoms with van der Waals surface area (Å²) < 4.78 is 11.6. The smallest absolute Gasteiger partial charge is 0.128 e. The minimum absolute atomic E-state index is 0.0997. The molecule has 0 spiro atoms. The van der Waals surface area contributed by atoms with E-state index in [-0.39, 0.29) is 6.10 Å². The first-order chi connectivity index (χ1) is 8.31. The number of aromatic hydroxyl groups is 1. The van der Waals surface area contributed by atoms with Gasteiger partial charge >= 0.3 is 0 Å². The van der Waals surface area contributed by atoms with Gasteiger partial charge in [-0.25, -0.2) is 0 Å². The van der Waals surface area contributed by atoms with Gasteiger partial charge in [-0.2, -0.15) is 0 Å².